The van der Waals surface area contributed by atoms with Gasteiger partial charge in [0.1, 0.15) is 11.4 Å². The van der Waals surface area contributed by atoms with Crippen LogP contribution in [0, 0.1) is 0 Å². The maximum absolute atomic E-state index is 12.6. The summed E-state index contributed by atoms with van der Waals surface area (Å²) in [5.74, 6) is -0.650. The fourth-order valence-electron chi connectivity index (χ4n) is 1.62. The normalized spacial score (nSPS) is 13.1. The lowest BCUT2D eigenvalue weighted by atomic mass is 10.2. The lowest BCUT2D eigenvalue weighted by Gasteiger charge is -2.24. The molecule has 0 aromatic rings. The number of carbonyl (C=O) groups is 2. The summed E-state index contributed by atoms with van der Waals surface area (Å²) in [6.07, 6.45) is 0.373. The minimum Gasteiger partial charge on any atom is -0.466 e. The van der Waals surface area contributed by atoms with Crippen molar-refractivity contribution in [1.29, 1.82) is 0 Å². The van der Waals surface area contributed by atoms with Gasteiger partial charge < -0.3 is 13.8 Å². The number of carbonyl (C=O) groups excluding carboxylic acids is 2. The molecule has 0 fully saturated rings. The van der Waals surface area contributed by atoms with Crippen LogP contribution in [-0.4, -0.2) is 37.2 Å². The maximum Gasteiger partial charge on any atom is 0.341 e. The number of esters is 1. The van der Waals surface area contributed by atoms with E-state index in [1.54, 1.807) is 20.8 Å². The van der Waals surface area contributed by atoms with Crippen LogP contribution in [0.2, 0.25) is 0 Å². The monoisotopic (exact) mass is 294 g/mol. The van der Waals surface area contributed by atoms with Gasteiger partial charge in [-0.15, -0.1) is 0 Å². The number of ether oxygens (including phenoxy) is 1. The molecule has 0 spiro atoms. The molecule has 0 amide bonds. The van der Waals surface area contributed by atoms with Gasteiger partial charge in [-0.1, -0.05) is 6.92 Å². The average Bonchev–Trinajstić information content (AvgIpc) is 2.34. The summed E-state index contributed by atoms with van der Waals surface area (Å²) in [7, 11) is -3.50. The van der Waals surface area contributed by atoms with E-state index in [-0.39, 0.29) is 38.4 Å². The van der Waals surface area contributed by atoms with Gasteiger partial charge in [-0.25, -0.2) is 0 Å². The molecule has 0 saturated heterocycles. The maximum atomic E-state index is 12.6. The van der Waals surface area contributed by atoms with E-state index >= 15 is 0 Å². The second kappa shape index (κ2) is 9.23. The van der Waals surface area contributed by atoms with Crippen LogP contribution < -0.4 is 0 Å². The molecule has 0 radical (unpaired) electrons. The molecule has 0 aliphatic rings. The molecule has 0 bridgehead atoms. The molecule has 6 nitrogen and oxygen atoms in total. The highest BCUT2D eigenvalue weighted by Gasteiger charge is 2.39. The van der Waals surface area contributed by atoms with Crippen LogP contribution in [0.3, 0.4) is 0 Å². The zero-order valence-corrected chi connectivity index (χ0v) is 12.9. The van der Waals surface area contributed by atoms with Gasteiger partial charge in [-0.2, -0.15) is 0 Å². The molecule has 0 saturated carbocycles. The van der Waals surface area contributed by atoms with Crippen LogP contribution in [0.25, 0.3) is 0 Å². The predicted octanol–water partition coefficient (Wildman–Crippen LogP) is 2.55. The Kier molecular flexibility index (Phi) is 8.89. The summed E-state index contributed by atoms with van der Waals surface area (Å²) in [4.78, 5) is 22.6. The topological polar surface area (TPSA) is 78.9 Å². The highest BCUT2D eigenvalue weighted by molar-refractivity contribution is 7.55. The van der Waals surface area contributed by atoms with Crippen LogP contribution >= 0.6 is 7.60 Å². The van der Waals surface area contributed by atoms with Crippen molar-refractivity contribution in [3.05, 3.63) is 0 Å². The van der Waals surface area contributed by atoms with Gasteiger partial charge in [0, 0.05) is 19.8 Å². The number of rotatable bonds is 10. The molecule has 0 rings (SSSR count). The van der Waals surface area contributed by atoms with E-state index in [1.165, 1.54) is 6.92 Å². The first kappa shape index (κ1) is 18.3. The van der Waals surface area contributed by atoms with E-state index in [4.69, 9.17) is 13.8 Å². The lowest BCUT2D eigenvalue weighted by Crippen LogP contribution is -2.25. The van der Waals surface area contributed by atoms with Gasteiger partial charge in [-0.3, -0.25) is 14.2 Å². The summed E-state index contributed by atoms with van der Waals surface area (Å²) in [5.41, 5.74) is -0.878. The molecule has 0 N–H and O–H groups in total. The van der Waals surface area contributed by atoms with Gasteiger partial charge in [0.05, 0.1) is 19.8 Å². The minimum atomic E-state index is -3.50. The fourth-order valence-corrected chi connectivity index (χ4v) is 3.73. The van der Waals surface area contributed by atoms with Crippen LogP contribution in [0.5, 0.6) is 0 Å². The summed E-state index contributed by atoms with van der Waals surface area (Å²) < 4.78 is 27.7. The minimum absolute atomic E-state index is 0.0237. The van der Waals surface area contributed by atoms with Crippen molar-refractivity contribution in [3.63, 3.8) is 0 Å². The van der Waals surface area contributed by atoms with Crippen molar-refractivity contribution in [1.82, 2.24) is 0 Å². The molecule has 0 aromatic heterocycles. The van der Waals surface area contributed by atoms with E-state index in [2.05, 4.69) is 0 Å². The first-order chi connectivity index (χ1) is 8.91. The number of ketones is 1. The second-order valence-corrected chi connectivity index (χ2v) is 6.06. The lowest BCUT2D eigenvalue weighted by molar-refractivity contribution is -0.141. The Bertz CT molecular complexity index is 331. The standard InChI is InChI=1S/C12H23O6P/c1-5-11(14)12(8-9-16-10(4)13)19(15,17-6-2)18-7-3/h12H,5-9H2,1-4H3. The van der Waals surface area contributed by atoms with E-state index < -0.39 is 19.2 Å². The third-order valence-electron chi connectivity index (χ3n) is 2.42. The van der Waals surface area contributed by atoms with Crippen molar-refractivity contribution in [2.45, 2.75) is 46.2 Å². The first-order valence-electron chi connectivity index (χ1n) is 6.46. The van der Waals surface area contributed by atoms with Crippen molar-refractivity contribution < 1.29 is 27.9 Å². The Morgan fingerprint density at radius 3 is 2.00 bits per heavy atom. The highest BCUT2D eigenvalue weighted by Crippen LogP contribution is 2.54. The fraction of sp³-hybridized carbons (Fsp3) is 0.833. The Balaban J connectivity index is 4.91. The van der Waals surface area contributed by atoms with Crippen LogP contribution in [0.4, 0.5) is 0 Å². The molecule has 112 valence electrons. The Morgan fingerprint density at radius 2 is 1.63 bits per heavy atom. The van der Waals surface area contributed by atoms with E-state index in [0.29, 0.717) is 0 Å². The molecule has 1 unspecified atom stereocenters. The number of Topliss-reactive ketones (excluding diaryl/α,β-unsaturated/α-hetero) is 1. The molecular weight excluding hydrogens is 271 g/mol. The van der Waals surface area contributed by atoms with E-state index in [1.807, 2.05) is 0 Å². The largest absolute Gasteiger partial charge is 0.466 e. The van der Waals surface area contributed by atoms with Gasteiger partial charge >= 0.3 is 13.6 Å². The van der Waals surface area contributed by atoms with Crippen LogP contribution in [-0.2, 0) is 27.9 Å². The number of hydrogen-bond acceptors (Lipinski definition) is 6. The second-order valence-electron chi connectivity index (χ2n) is 3.84. The van der Waals surface area contributed by atoms with Crippen molar-refractivity contribution in [2.75, 3.05) is 19.8 Å². The van der Waals surface area contributed by atoms with Gasteiger partial charge in [0.15, 0.2) is 0 Å². The van der Waals surface area contributed by atoms with E-state index in [9.17, 15) is 14.2 Å². The third kappa shape index (κ3) is 6.32. The Labute approximate surface area is 114 Å². The molecule has 0 heterocycles. The molecule has 1 atom stereocenters. The number of hydrogen-bond donors (Lipinski definition) is 0. The SMILES string of the molecule is CCOP(=O)(OCC)C(CCOC(C)=O)C(=O)CC. The quantitative estimate of drug-likeness (QED) is 0.455. The van der Waals surface area contributed by atoms with Gasteiger partial charge in [0.2, 0.25) is 0 Å². The highest BCUT2D eigenvalue weighted by atomic mass is 31.2. The predicted molar refractivity (Wildman–Crippen MR) is 71.2 cm³/mol. The van der Waals surface area contributed by atoms with Crippen molar-refractivity contribution >= 4 is 19.3 Å². The summed E-state index contributed by atoms with van der Waals surface area (Å²) in [6.45, 7) is 6.74. The smallest absolute Gasteiger partial charge is 0.341 e. The molecule has 0 aromatic carbocycles. The molecule has 0 aliphatic heterocycles. The Hall–Kier alpha value is -0.710. The van der Waals surface area contributed by atoms with Gasteiger partial charge in [-0.05, 0) is 13.8 Å². The summed E-state index contributed by atoms with van der Waals surface area (Å²) >= 11 is 0. The zero-order chi connectivity index (χ0) is 14.9. The third-order valence-corrected chi connectivity index (χ3v) is 4.96. The van der Waals surface area contributed by atoms with Gasteiger partial charge in [0.25, 0.3) is 0 Å². The average molecular weight is 294 g/mol. The molecule has 19 heavy (non-hydrogen) atoms. The molecule has 0 aliphatic carbocycles. The summed E-state index contributed by atoms with van der Waals surface area (Å²) in [5, 5.41) is 0. The van der Waals surface area contributed by atoms with Crippen molar-refractivity contribution in [3.8, 4) is 0 Å². The van der Waals surface area contributed by atoms with Crippen LogP contribution in [0.1, 0.15) is 40.5 Å². The first-order valence-corrected chi connectivity index (χ1v) is 8.07. The van der Waals surface area contributed by atoms with Crippen LogP contribution in [0.15, 0.2) is 0 Å². The van der Waals surface area contributed by atoms with Crippen molar-refractivity contribution in [2.24, 2.45) is 0 Å². The summed E-state index contributed by atoms with van der Waals surface area (Å²) in [6, 6.07) is 0. The zero-order valence-electron chi connectivity index (χ0n) is 12.0. The Morgan fingerprint density at radius 1 is 1.11 bits per heavy atom. The molecule has 7 heteroatoms. The molecular formula is C12H23O6P. The van der Waals surface area contributed by atoms with E-state index in [0.717, 1.165) is 0 Å².